The van der Waals surface area contributed by atoms with Crippen LogP contribution in [0.5, 0.6) is 0 Å². The first-order chi connectivity index (χ1) is 10.1. The predicted molar refractivity (Wildman–Crippen MR) is 81.6 cm³/mol. The molecule has 1 saturated carbocycles. The molecule has 3 atom stereocenters. The lowest BCUT2D eigenvalue weighted by Gasteiger charge is -2.32. The minimum absolute atomic E-state index is 0.122. The zero-order chi connectivity index (χ0) is 15.2. The molecule has 0 bridgehead atoms. The van der Waals surface area contributed by atoms with Crippen molar-refractivity contribution in [2.45, 2.75) is 39.2 Å². The SMILES string of the molecule is CC1CCC(NC(=O)c2ccc(C#CCO)cn2)CC1C. The minimum atomic E-state index is -0.180. The Hall–Kier alpha value is -1.86. The molecule has 0 aliphatic heterocycles. The Labute approximate surface area is 126 Å². The Bertz CT molecular complexity index is 542. The minimum Gasteiger partial charge on any atom is -0.384 e. The van der Waals surface area contributed by atoms with Crippen molar-refractivity contribution >= 4 is 5.91 Å². The molecule has 0 spiro atoms. The highest BCUT2D eigenvalue weighted by Crippen LogP contribution is 2.29. The van der Waals surface area contributed by atoms with Gasteiger partial charge in [-0.3, -0.25) is 4.79 Å². The zero-order valence-corrected chi connectivity index (χ0v) is 12.6. The summed E-state index contributed by atoms with van der Waals surface area (Å²) in [5.74, 6) is 6.57. The van der Waals surface area contributed by atoms with E-state index < -0.39 is 0 Å². The highest BCUT2D eigenvalue weighted by molar-refractivity contribution is 5.92. The number of carbonyl (C=O) groups excluding carboxylic acids is 1. The Balaban J connectivity index is 1.94. The molecule has 1 aromatic rings. The highest BCUT2D eigenvalue weighted by Gasteiger charge is 2.25. The lowest BCUT2D eigenvalue weighted by atomic mass is 9.79. The second-order valence-corrected chi connectivity index (χ2v) is 5.83. The fourth-order valence-electron chi connectivity index (χ4n) is 2.68. The summed E-state index contributed by atoms with van der Waals surface area (Å²) in [6, 6.07) is 3.67. The molecule has 4 heteroatoms. The predicted octanol–water partition coefficient (Wildman–Crippen LogP) is 1.98. The summed E-state index contributed by atoms with van der Waals surface area (Å²) in [4.78, 5) is 16.3. The molecule has 21 heavy (non-hydrogen) atoms. The molecule has 1 aromatic heterocycles. The van der Waals surface area contributed by atoms with E-state index in [2.05, 4.69) is 36.0 Å². The van der Waals surface area contributed by atoms with Gasteiger partial charge in [0.2, 0.25) is 0 Å². The van der Waals surface area contributed by atoms with Gasteiger partial charge >= 0.3 is 0 Å². The quantitative estimate of drug-likeness (QED) is 0.817. The van der Waals surface area contributed by atoms with Crippen LogP contribution in [0.25, 0.3) is 0 Å². The third kappa shape index (κ3) is 4.30. The number of hydrogen-bond donors (Lipinski definition) is 2. The third-order valence-corrected chi connectivity index (χ3v) is 4.24. The molecule has 2 rings (SSSR count). The Morgan fingerprint density at radius 1 is 1.38 bits per heavy atom. The maximum absolute atomic E-state index is 12.2. The standard InChI is InChI=1S/C17H22N2O2/c1-12-5-7-15(10-13(12)2)19-17(21)16-8-6-14(11-18-16)4-3-9-20/h6,8,11-13,15,20H,5,7,9-10H2,1-2H3,(H,19,21). The maximum Gasteiger partial charge on any atom is 0.270 e. The van der Waals surface area contributed by atoms with Crippen LogP contribution in [-0.2, 0) is 0 Å². The number of aliphatic hydroxyl groups is 1. The molecule has 2 N–H and O–H groups in total. The number of pyridine rings is 1. The number of nitrogens with one attached hydrogen (secondary N) is 1. The van der Waals surface area contributed by atoms with Crippen molar-refractivity contribution in [1.29, 1.82) is 0 Å². The Morgan fingerprint density at radius 3 is 2.81 bits per heavy atom. The molecule has 112 valence electrons. The summed E-state index contributed by atoms with van der Waals surface area (Å²) < 4.78 is 0. The van der Waals surface area contributed by atoms with Crippen LogP contribution in [0.2, 0.25) is 0 Å². The number of hydrogen-bond acceptors (Lipinski definition) is 3. The summed E-state index contributed by atoms with van der Waals surface area (Å²) in [5.41, 5.74) is 1.11. The van der Waals surface area contributed by atoms with E-state index in [-0.39, 0.29) is 18.6 Å². The number of rotatable bonds is 2. The molecule has 1 heterocycles. The fraction of sp³-hybridized carbons (Fsp3) is 0.529. The maximum atomic E-state index is 12.2. The summed E-state index contributed by atoms with van der Waals surface area (Å²) in [7, 11) is 0. The van der Waals surface area contributed by atoms with Crippen molar-refractivity contribution in [3.8, 4) is 11.8 Å². The number of amides is 1. The van der Waals surface area contributed by atoms with Crippen LogP contribution in [-0.4, -0.2) is 28.6 Å². The molecule has 3 unspecified atom stereocenters. The number of nitrogens with zero attached hydrogens (tertiary/aromatic N) is 1. The topological polar surface area (TPSA) is 62.2 Å². The lowest BCUT2D eigenvalue weighted by Crippen LogP contribution is -2.40. The molecule has 4 nitrogen and oxygen atoms in total. The molecule has 0 saturated heterocycles. The molecule has 1 aliphatic rings. The van der Waals surface area contributed by atoms with Crippen LogP contribution in [0.4, 0.5) is 0 Å². The van der Waals surface area contributed by atoms with Gasteiger partial charge in [-0.15, -0.1) is 0 Å². The van der Waals surface area contributed by atoms with Gasteiger partial charge < -0.3 is 10.4 Å². The average Bonchev–Trinajstić information content (AvgIpc) is 2.49. The third-order valence-electron chi connectivity index (χ3n) is 4.24. The van der Waals surface area contributed by atoms with Crippen LogP contribution < -0.4 is 5.32 Å². The van der Waals surface area contributed by atoms with Crippen LogP contribution in [0.3, 0.4) is 0 Å². The van der Waals surface area contributed by atoms with Gasteiger partial charge in [0, 0.05) is 17.8 Å². The van der Waals surface area contributed by atoms with Gasteiger partial charge in [-0.05, 0) is 43.2 Å². The van der Waals surface area contributed by atoms with Crippen LogP contribution in [0, 0.1) is 23.7 Å². The molecule has 1 fully saturated rings. The van der Waals surface area contributed by atoms with E-state index in [1.54, 1.807) is 18.3 Å². The van der Waals surface area contributed by atoms with Crippen molar-refractivity contribution in [3.05, 3.63) is 29.6 Å². The largest absolute Gasteiger partial charge is 0.384 e. The van der Waals surface area contributed by atoms with E-state index in [0.717, 1.165) is 25.2 Å². The second-order valence-electron chi connectivity index (χ2n) is 5.83. The molecule has 0 radical (unpaired) electrons. The monoisotopic (exact) mass is 286 g/mol. The fourth-order valence-corrected chi connectivity index (χ4v) is 2.68. The molecular weight excluding hydrogens is 264 g/mol. The second kappa shape index (κ2) is 7.24. The summed E-state index contributed by atoms with van der Waals surface area (Å²) in [6.45, 7) is 4.34. The first-order valence-electron chi connectivity index (χ1n) is 7.46. The van der Waals surface area contributed by atoms with Gasteiger partial charge in [0.25, 0.3) is 5.91 Å². The van der Waals surface area contributed by atoms with Crippen molar-refractivity contribution in [3.63, 3.8) is 0 Å². The zero-order valence-electron chi connectivity index (χ0n) is 12.6. The lowest BCUT2D eigenvalue weighted by molar-refractivity contribution is 0.0905. The first kappa shape index (κ1) is 15.5. The van der Waals surface area contributed by atoms with E-state index in [9.17, 15) is 4.79 Å². The van der Waals surface area contributed by atoms with E-state index in [0.29, 0.717) is 17.2 Å². The molecule has 0 aromatic carbocycles. The van der Waals surface area contributed by atoms with E-state index in [1.165, 1.54) is 0 Å². The Kier molecular flexibility index (Phi) is 5.35. The van der Waals surface area contributed by atoms with Gasteiger partial charge in [0.05, 0.1) is 0 Å². The summed E-state index contributed by atoms with van der Waals surface area (Å²) >= 11 is 0. The number of aromatic nitrogens is 1. The number of aliphatic hydroxyl groups excluding tert-OH is 1. The van der Waals surface area contributed by atoms with Crippen molar-refractivity contribution in [2.24, 2.45) is 11.8 Å². The first-order valence-corrected chi connectivity index (χ1v) is 7.46. The van der Waals surface area contributed by atoms with Crippen molar-refractivity contribution < 1.29 is 9.90 Å². The molecular formula is C17H22N2O2. The van der Waals surface area contributed by atoms with E-state index in [1.807, 2.05) is 0 Å². The molecule has 1 aliphatic carbocycles. The summed E-state index contributed by atoms with van der Waals surface area (Å²) in [6.07, 6.45) is 4.79. The highest BCUT2D eigenvalue weighted by atomic mass is 16.2. The van der Waals surface area contributed by atoms with Gasteiger partial charge in [0.15, 0.2) is 0 Å². The van der Waals surface area contributed by atoms with Crippen LogP contribution in [0.15, 0.2) is 18.3 Å². The summed E-state index contributed by atoms with van der Waals surface area (Å²) in [5, 5.41) is 11.7. The van der Waals surface area contributed by atoms with Crippen molar-refractivity contribution in [2.75, 3.05) is 6.61 Å². The van der Waals surface area contributed by atoms with Gasteiger partial charge in [-0.2, -0.15) is 0 Å². The Morgan fingerprint density at radius 2 is 2.19 bits per heavy atom. The van der Waals surface area contributed by atoms with Crippen LogP contribution in [0.1, 0.15) is 49.2 Å². The van der Waals surface area contributed by atoms with E-state index >= 15 is 0 Å². The van der Waals surface area contributed by atoms with Crippen LogP contribution >= 0.6 is 0 Å². The van der Waals surface area contributed by atoms with E-state index in [4.69, 9.17) is 5.11 Å². The number of carbonyl (C=O) groups is 1. The smallest absolute Gasteiger partial charge is 0.270 e. The average molecular weight is 286 g/mol. The normalized spacial score (nSPS) is 24.8. The van der Waals surface area contributed by atoms with Gasteiger partial charge in [-0.25, -0.2) is 4.98 Å². The molecule has 1 amide bonds. The van der Waals surface area contributed by atoms with Gasteiger partial charge in [0.1, 0.15) is 12.3 Å². The van der Waals surface area contributed by atoms with Crippen molar-refractivity contribution in [1.82, 2.24) is 10.3 Å². The van der Waals surface area contributed by atoms with Gasteiger partial charge in [-0.1, -0.05) is 25.7 Å².